The number of hydrogen-bond donors (Lipinski definition) is 1. The number of halogens is 2. The molecular formula is C22H24F2N8O3S2. The molecule has 0 aromatic carbocycles. The number of carbonyl (C=O) groups is 1. The van der Waals surface area contributed by atoms with Crippen molar-refractivity contribution in [3.05, 3.63) is 23.5 Å². The molecule has 4 heterocycles. The van der Waals surface area contributed by atoms with Gasteiger partial charge in [0.05, 0.1) is 23.5 Å². The fourth-order valence-electron chi connectivity index (χ4n) is 4.44. The lowest BCUT2D eigenvalue weighted by Gasteiger charge is -2.34. The van der Waals surface area contributed by atoms with Gasteiger partial charge in [0.2, 0.25) is 15.9 Å². The lowest BCUT2D eigenvalue weighted by molar-refractivity contribution is -0.133. The summed E-state index contributed by atoms with van der Waals surface area (Å²) in [6.45, 7) is 1.02. The molecule has 3 aromatic heterocycles. The molecule has 0 spiro atoms. The predicted molar refractivity (Wildman–Crippen MR) is 131 cm³/mol. The van der Waals surface area contributed by atoms with Crippen molar-refractivity contribution in [2.45, 2.75) is 42.5 Å². The van der Waals surface area contributed by atoms with Gasteiger partial charge in [-0.15, -0.1) is 10.2 Å². The van der Waals surface area contributed by atoms with E-state index in [1.54, 1.807) is 19.0 Å². The molecule has 37 heavy (non-hydrogen) atoms. The number of pyridine rings is 1. The number of piperidine rings is 1. The first-order valence-electron chi connectivity index (χ1n) is 11.6. The fraction of sp³-hybridized carbons (Fsp3) is 0.500. The Kier molecular flexibility index (Phi) is 6.37. The zero-order valence-corrected chi connectivity index (χ0v) is 21.7. The van der Waals surface area contributed by atoms with Crippen LogP contribution < -0.4 is 9.62 Å². The molecule has 5 rings (SSSR count). The maximum atomic E-state index is 13.3. The van der Waals surface area contributed by atoms with Gasteiger partial charge in [-0.25, -0.2) is 22.2 Å². The molecule has 0 atom stereocenters. The quantitative estimate of drug-likeness (QED) is 0.474. The number of rotatable bonds is 7. The van der Waals surface area contributed by atoms with Crippen LogP contribution in [0.1, 0.15) is 37.1 Å². The molecule has 11 nitrogen and oxygen atoms in total. The second kappa shape index (κ2) is 9.26. The number of anilines is 1. The molecular weight excluding hydrogens is 526 g/mol. The Hall–Kier alpha value is -3.22. The standard InChI is InChI=1S/C22H24F2N8O3S2/c1-30(2)21(33)13-3-7-31(8-4-13)15-9-14(37(34,35)29-22(12-25)5-6-22)11-32-16(15)10-26-18(32)20-28-27-19(36-20)17(23)24/h9-11,13,17,29H,3-8H2,1-2H3. The van der Waals surface area contributed by atoms with E-state index >= 15 is 0 Å². The molecule has 1 saturated carbocycles. The van der Waals surface area contributed by atoms with Crippen LogP contribution in [0.4, 0.5) is 14.5 Å². The molecule has 0 unspecified atom stereocenters. The van der Waals surface area contributed by atoms with Gasteiger partial charge in [0.15, 0.2) is 15.8 Å². The van der Waals surface area contributed by atoms with Crippen LogP contribution in [0, 0.1) is 17.2 Å². The summed E-state index contributed by atoms with van der Waals surface area (Å²) in [5.41, 5.74) is 0.00137. The van der Waals surface area contributed by atoms with Crippen LogP contribution in [0.25, 0.3) is 16.3 Å². The van der Waals surface area contributed by atoms with Gasteiger partial charge in [-0.1, -0.05) is 11.3 Å². The van der Waals surface area contributed by atoms with Crippen LogP contribution in [0.3, 0.4) is 0 Å². The zero-order valence-electron chi connectivity index (χ0n) is 20.1. The summed E-state index contributed by atoms with van der Waals surface area (Å²) in [4.78, 5) is 20.2. The van der Waals surface area contributed by atoms with Crippen LogP contribution in [-0.4, -0.2) is 71.5 Å². The number of alkyl halides is 2. The monoisotopic (exact) mass is 550 g/mol. The number of sulfonamides is 1. The Morgan fingerprint density at radius 1 is 1.30 bits per heavy atom. The van der Waals surface area contributed by atoms with Gasteiger partial charge in [-0.2, -0.15) is 9.98 Å². The first kappa shape index (κ1) is 25.4. The van der Waals surface area contributed by atoms with E-state index in [4.69, 9.17) is 0 Å². The highest BCUT2D eigenvalue weighted by molar-refractivity contribution is 7.89. The first-order chi connectivity index (χ1) is 17.5. The van der Waals surface area contributed by atoms with E-state index < -0.39 is 27.0 Å². The molecule has 196 valence electrons. The second-order valence-electron chi connectivity index (χ2n) is 9.44. The Labute approximate surface area is 215 Å². The molecule has 1 saturated heterocycles. The lowest BCUT2D eigenvalue weighted by atomic mass is 9.95. The number of nitrogens with zero attached hydrogens (tertiary/aromatic N) is 7. The zero-order chi connectivity index (χ0) is 26.5. The fourth-order valence-corrected chi connectivity index (χ4v) is 6.52. The van der Waals surface area contributed by atoms with Crippen molar-refractivity contribution in [3.8, 4) is 16.9 Å². The van der Waals surface area contributed by atoms with Gasteiger partial charge in [-0.3, -0.25) is 9.20 Å². The van der Waals surface area contributed by atoms with Crippen molar-refractivity contribution in [2.24, 2.45) is 5.92 Å². The summed E-state index contributed by atoms with van der Waals surface area (Å²) in [5.74, 6) is 0.0990. The Morgan fingerprint density at radius 2 is 2.00 bits per heavy atom. The number of hydrogen-bond acceptors (Lipinski definition) is 9. The topological polar surface area (TPSA) is 137 Å². The highest BCUT2D eigenvalue weighted by Crippen LogP contribution is 2.38. The smallest absolute Gasteiger partial charge is 0.291 e. The van der Waals surface area contributed by atoms with Crippen molar-refractivity contribution >= 4 is 38.5 Å². The lowest BCUT2D eigenvalue weighted by Crippen LogP contribution is -2.40. The first-order valence-corrected chi connectivity index (χ1v) is 13.9. The summed E-state index contributed by atoms with van der Waals surface area (Å²) in [5, 5.41) is 16.4. The molecule has 1 amide bonds. The third-order valence-corrected chi connectivity index (χ3v) is 9.07. The molecule has 1 N–H and O–H groups in total. The van der Waals surface area contributed by atoms with Crippen LogP contribution >= 0.6 is 11.3 Å². The number of amides is 1. The number of aromatic nitrogens is 4. The molecule has 1 aliphatic heterocycles. The van der Waals surface area contributed by atoms with Crippen molar-refractivity contribution < 1.29 is 22.0 Å². The van der Waals surface area contributed by atoms with Gasteiger partial charge in [0, 0.05) is 39.3 Å². The molecule has 2 aliphatic rings. The number of nitrogens with one attached hydrogen (secondary N) is 1. The minimum absolute atomic E-state index is 0.0503. The Morgan fingerprint density at radius 3 is 2.57 bits per heavy atom. The number of carbonyl (C=O) groups excluding carboxylic acids is 1. The van der Waals surface area contributed by atoms with Crippen molar-refractivity contribution in [3.63, 3.8) is 0 Å². The maximum absolute atomic E-state index is 13.3. The number of imidazole rings is 1. The molecule has 1 aliphatic carbocycles. The minimum Gasteiger partial charge on any atom is -0.370 e. The molecule has 2 fully saturated rings. The van der Waals surface area contributed by atoms with E-state index in [2.05, 4.69) is 19.9 Å². The summed E-state index contributed by atoms with van der Waals surface area (Å²) in [7, 11) is -0.669. The molecule has 15 heteroatoms. The third kappa shape index (κ3) is 4.76. The van der Waals surface area contributed by atoms with Crippen LogP contribution in [0.5, 0.6) is 0 Å². The van der Waals surface area contributed by atoms with E-state index in [1.165, 1.54) is 22.9 Å². The van der Waals surface area contributed by atoms with Crippen molar-refractivity contribution in [2.75, 3.05) is 32.1 Å². The maximum Gasteiger partial charge on any atom is 0.291 e. The van der Waals surface area contributed by atoms with E-state index in [0.29, 0.717) is 61.3 Å². The molecule has 3 aromatic rings. The van der Waals surface area contributed by atoms with Gasteiger partial charge in [-0.05, 0) is 31.7 Å². The summed E-state index contributed by atoms with van der Waals surface area (Å²) in [6.07, 6.45) is 2.11. The molecule has 0 bridgehead atoms. The van der Waals surface area contributed by atoms with Crippen molar-refractivity contribution in [1.29, 1.82) is 5.26 Å². The van der Waals surface area contributed by atoms with Crippen molar-refractivity contribution in [1.82, 2.24) is 29.2 Å². The van der Waals surface area contributed by atoms with E-state index in [1.807, 2.05) is 11.0 Å². The van der Waals surface area contributed by atoms with Gasteiger partial charge >= 0.3 is 0 Å². The van der Waals surface area contributed by atoms with Gasteiger partial charge in [0.1, 0.15) is 10.4 Å². The average Bonchev–Trinajstić information content (AvgIpc) is 3.26. The van der Waals surface area contributed by atoms with Crippen LogP contribution in [-0.2, 0) is 14.8 Å². The summed E-state index contributed by atoms with van der Waals surface area (Å²) >= 11 is 0.679. The highest BCUT2D eigenvalue weighted by atomic mass is 32.2. The SMILES string of the molecule is CN(C)C(=O)C1CCN(c2cc(S(=O)(=O)NC3(C#N)CC3)cn3c(-c4nnc(C(F)F)s4)ncc23)CC1. The number of nitriles is 1. The van der Waals surface area contributed by atoms with E-state index in [9.17, 15) is 27.3 Å². The molecule has 0 radical (unpaired) electrons. The number of fused-ring (bicyclic) bond motifs is 1. The Bertz CT molecular complexity index is 1500. The average molecular weight is 551 g/mol. The van der Waals surface area contributed by atoms with Gasteiger partial charge in [0.25, 0.3) is 6.43 Å². The van der Waals surface area contributed by atoms with Crippen LogP contribution in [0.2, 0.25) is 0 Å². The second-order valence-corrected chi connectivity index (χ2v) is 12.1. The van der Waals surface area contributed by atoms with E-state index in [-0.39, 0.29) is 27.6 Å². The minimum atomic E-state index is -4.10. The van der Waals surface area contributed by atoms with E-state index in [0.717, 1.165) is 0 Å². The third-order valence-electron chi connectivity index (χ3n) is 6.64. The summed E-state index contributed by atoms with van der Waals surface area (Å²) in [6, 6.07) is 3.54. The highest BCUT2D eigenvalue weighted by Gasteiger charge is 2.47. The van der Waals surface area contributed by atoms with Gasteiger partial charge < -0.3 is 9.80 Å². The predicted octanol–water partition coefficient (Wildman–Crippen LogP) is 2.43. The summed E-state index contributed by atoms with van der Waals surface area (Å²) < 4.78 is 56.9. The van der Waals surface area contributed by atoms with Crippen LogP contribution in [0.15, 0.2) is 23.4 Å². The normalized spacial score (nSPS) is 17.8. The largest absolute Gasteiger partial charge is 0.370 e. The Balaban J connectivity index is 1.57.